The van der Waals surface area contributed by atoms with Crippen molar-refractivity contribution in [2.24, 2.45) is 4.99 Å². The first-order valence-electron chi connectivity index (χ1n) is 7.81. The standard InChI is InChI=1S/C19H12N4OS/c24-18-13(9-11-10-20-14-6-2-1-5-12(11)14)17(22-23-18)19-21-15-7-3-4-8-16(15)25-19/h1-10H,(H2,22,23,24). The number of nitrogens with one attached hydrogen (secondary N) is 2. The van der Waals surface area contributed by atoms with Gasteiger partial charge < -0.3 is 0 Å². The molecule has 120 valence electrons. The summed E-state index contributed by atoms with van der Waals surface area (Å²) in [5, 5.41) is 6.43. The number of allylic oxidation sites excluding steroid dienone is 1. The van der Waals surface area contributed by atoms with Gasteiger partial charge in [0.2, 0.25) is 0 Å². The molecule has 0 aliphatic carbocycles. The highest BCUT2D eigenvalue weighted by atomic mass is 32.1. The molecule has 5 rings (SSSR count). The summed E-state index contributed by atoms with van der Waals surface area (Å²) in [5.41, 5.74) is 4.90. The van der Waals surface area contributed by atoms with E-state index in [0.29, 0.717) is 11.3 Å². The Morgan fingerprint density at radius 3 is 2.76 bits per heavy atom. The Hall–Kier alpha value is -3.25. The summed E-state index contributed by atoms with van der Waals surface area (Å²) in [5.74, 6) is 0. The Labute approximate surface area is 146 Å². The maximum absolute atomic E-state index is 12.3. The highest BCUT2D eigenvalue weighted by Crippen LogP contribution is 2.34. The second kappa shape index (κ2) is 5.39. The van der Waals surface area contributed by atoms with Crippen molar-refractivity contribution in [2.45, 2.75) is 0 Å². The number of aromatic nitrogens is 3. The number of hydrogen-bond acceptors (Lipinski definition) is 4. The van der Waals surface area contributed by atoms with Gasteiger partial charge >= 0.3 is 0 Å². The highest BCUT2D eigenvalue weighted by molar-refractivity contribution is 7.21. The predicted molar refractivity (Wildman–Crippen MR) is 102 cm³/mol. The molecule has 0 radical (unpaired) electrons. The van der Waals surface area contributed by atoms with Gasteiger partial charge in [0.1, 0.15) is 10.7 Å². The molecule has 1 aliphatic rings. The van der Waals surface area contributed by atoms with E-state index in [1.807, 2.05) is 54.6 Å². The van der Waals surface area contributed by atoms with Crippen molar-refractivity contribution in [1.29, 1.82) is 0 Å². The van der Waals surface area contributed by atoms with E-state index < -0.39 is 0 Å². The summed E-state index contributed by atoms with van der Waals surface area (Å²) in [7, 11) is 0. The molecular formula is C19H12N4OS. The molecule has 0 fully saturated rings. The number of fused-ring (bicyclic) bond motifs is 2. The van der Waals surface area contributed by atoms with Gasteiger partial charge in [0.25, 0.3) is 5.56 Å². The molecule has 3 heterocycles. The Balaban J connectivity index is 1.67. The molecule has 0 saturated heterocycles. The first kappa shape index (κ1) is 14.1. The fraction of sp³-hybridized carbons (Fsp3) is 0. The molecule has 5 nitrogen and oxygen atoms in total. The SMILES string of the molecule is O=c1[nH][nH]c(-c2nc3ccccc3s2)c1C=C1C=Nc2ccccc21. The minimum absolute atomic E-state index is 0.167. The summed E-state index contributed by atoms with van der Waals surface area (Å²) >= 11 is 1.56. The van der Waals surface area contributed by atoms with Gasteiger partial charge in [-0.2, -0.15) is 0 Å². The van der Waals surface area contributed by atoms with Crippen molar-refractivity contribution in [3.05, 3.63) is 70.0 Å². The number of thiazole rings is 1. The monoisotopic (exact) mass is 344 g/mol. The van der Waals surface area contributed by atoms with Gasteiger partial charge in [-0.3, -0.25) is 20.0 Å². The van der Waals surface area contributed by atoms with Crippen molar-refractivity contribution in [3.63, 3.8) is 0 Å². The molecule has 25 heavy (non-hydrogen) atoms. The van der Waals surface area contributed by atoms with Crippen LogP contribution in [0, 0.1) is 0 Å². The Morgan fingerprint density at radius 1 is 1.00 bits per heavy atom. The summed E-state index contributed by atoms with van der Waals surface area (Å²) in [4.78, 5) is 21.4. The second-order valence-corrected chi connectivity index (χ2v) is 6.76. The summed E-state index contributed by atoms with van der Waals surface area (Å²) in [6, 6.07) is 15.8. The van der Waals surface area contributed by atoms with E-state index in [1.54, 1.807) is 17.6 Å². The van der Waals surface area contributed by atoms with E-state index in [2.05, 4.69) is 20.2 Å². The van der Waals surface area contributed by atoms with Gasteiger partial charge in [-0.25, -0.2) is 4.98 Å². The first-order valence-corrected chi connectivity index (χ1v) is 8.63. The second-order valence-electron chi connectivity index (χ2n) is 5.73. The smallest absolute Gasteiger partial charge is 0.271 e. The molecule has 6 heteroatoms. The lowest BCUT2D eigenvalue weighted by atomic mass is 10.0. The van der Waals surface area contributed by atoms with Crippen LogP contribution < -0.4 is 5.56 Å². The first-order chi connectivity index (χ1) is 12.3. The van der Waals surface area contributed by atoms with Crippen molar-refractivity contribution in [2.75, 3.05) is 0 Å². The molecule has 0 unspecified atom stereocenters. The number of aromatic amines is 2. The van der Waals surface area contributed by atoms with Crippen LogP contribution in [-0.4, -0.2) is 21.4 Å². The lowest BCUT2D eigenvalue weighted by Crippen LogP contribution is -2.02. The average Bonchev–Trinajstić information content (AvgIpc) is 3.33. The van der Waals surface area contributed by atoms with Gasteiger partial charge in [0.15, 0.2) is 0 Å². The van der Waals surface area contributed by atoms with Crippen LogP contribution in [0.5, 0.6) is 0 Å². The number of nitrogens with zero attached hydrogens (tertiary/aromatic N) is 2. The van der Waals surface area contributed by atoms with Crippen LogP contribution in [-0.2, 0) is 0 Å². The minimum atomic E-state index is -0.167. The molecule has 0 amide bonds. The molecule has 0 spiro atoms. The van der Waals surface area contributed by atoms with Crippen LogP contribution in [0.4, 0.5) is 5.69 Å². The van der Waals surface area contributed by atoms with E-state index in [0.717, 1.165) is 32.0 Å². The van der Waals surface area contributed by atoms with Gasteiger partial charge in [-0.15, -0.1) is 11.3 Å². The Morgan fingerprint density at radius 2 is 1.84 bits per heavy atom. The van der Waals surface area contributed by atoms with E-state index in [9.17, 15) is 4.79 Å². The van der Waals surface area contributed by atoms with Crippen molar-refractivity contribution in [3.8, 4) is 10.7 Å². The zero-order valence-electron chi connectivity index (χ0n) is 13.0. The fourth-order valence-electron chi connectivity index (χ4n) is 2.96. The van der Waals surface area contributed by atoms with Gasteiger partial charge in [0, 0.05) is 17.4 Å². The maximum Gasteiger partial charge on any atom is 0.271 e. The predicted octanol–water partition coefficient (Wildman–Crippen LogP) is 4.24. The summed E-state index contributed by atoms with van der Waals surface area (Å²) in [6.07, 6.45) is 3.66. The third-order valence-electron chi connectivity index (χ3n) is 4.18. The third kappa shape index (κ3) is 2.27. The molecule has 2 aromatic carbocycles. The largest absolute Gasteiger partial charge is 0.295 e. The van der Waals surface area contributed by atoms with E-state index in [4.69, 9.17) is 0 Å². The number of para-hydroxylation sites is 2. The molecule has 2 N–H and O–H groups in total. The van der Waals surface area contributed by atoms with E-state index >= 15 is 0 Å². The highest BCUT2D eigenvalue weighted by Gasteiger charge is 2.17. The quantitative estimate of drug-likeness (QED) is 0.571. The van der Waals surface area contributed by atoms with E-state index in [1.165, 1.54) is 0 Å². The van der Waals surface area contributed by atoms with Gasteiger partial charge in [-0.1, -0.05) is 30.3 Å². The minimum Gasteiger partial charge on any atom is -0.295 e. The van der Waals surface area contributed by atoms with E-state index in [-0.39, 0.29) is 5.56 Å². The molecule has 0 bridgehead atoms. The van der Waals surface area contributed by atoms with Crippen LogP contribution >= 0.6 is 11.3 Å². The fourth-order valence-corrected chi connectivity index (χ4v) is 3.94. The van der Waals surface area contributed by atoms with Crippen LogP contribution in [0.15, 0.2) is 58.3 Å². The lowest BCUT2D eigenvalue weighted by molar-refractivity contribution is 1.06. The lowest BCUT2D eigenvalue weighted by Gasteiger charge is -1.99. The van der Waals surface area contributed by atoms with Crippen LogP contribution in [0.3, 0.4) is 0 Å². The number of benzene rings is 2. The van der Waals surface area contributed by atoms with Crippen molar-refractivity contribution >= 4 is 45.1 Å². The molecule has 0 saturated carbocycles. The van der Waals surface area contributed by atoms with Crippen LogP contribution in [0.25, 0.3) is 32.6 Å². The number of aliphatic imine (C=N–C) groups is 1. The molecule has 0 atom stereocenters. The molecular weight excluding hydrogens is 332 g/mol. The average molecular weight is 344 g/mol. The molecule has 2 aromatic heterocycles. The summed E-state index contributed by atoms with van der Waals surface area (Å²) < 4.78 is 1.09. The topological polar surface area (TPSA) is 73.9 Å². The normalized spacial score (nSPS) is 14.5. The van der Waals surface area contributed by atoms with Gasteiger partial charge in [-0.05, 0) is 24.3 Å². The van der Waals surface area contributed by atoms with Crippen LogP contribution in [0.2, 0.25) is 0 Å². The van der Waals surface area contributed by atoms with Crippen LogP contribution in [0.1, 0.15) is 11.1 Å². The Kier molecular flexibility index (Phi) is 3.05. The number of H-pyrrole nitrogens is 2. The van der Waals surface area contributed by atoms with Gasteiger partial charge in [0.05, 0.1) is 21.5 Å². The number of rotatable bonds is 2. The number of hydrogen-bond donors (Lipinski definition) is 2. The van der Waals surface area contributed by atoms with Crippen molar-refractivity contribution in [1.82, 2.24) is 15.2 Å². The third-order valence-corrected chi connectivity index (χ3v) is 5.23. The molecule has 1 aliphatic heterocycles. The maximum atomic E-state index is 12.3. The Bertz CT molecular complexity index is 1190. The van der Waals surface area contributed by atoms with Crippen molar-refractivity contribution < 1.29 is 0 Å². The zero-order chi connectivity index (χ0) is 16.8. The molecule has 4 aromatic rings. The summed E-state index contributed by atoms with van der Waals surface area (Å²) in [6.45, 7) is 0. The zero-order valence-corrected chi connectivity index (χ0v) is 13.8.